The molecule has 7 nitrogen and oxygen atoms in total. The second-order valence-corrected chi connectivity index (χ2v) is 9.61. The van der Waals surface area contributed by atoms with Gasteiger partial charge in [0.05, 0.1) is 5.92 Å². The van der Waals surface area contributed by atoms with Gasteiger partial charge in [-0.05, 0) is 31.6 Å². The molecule has 4 unspecified atom stereocenters. The van der Waals surface area contributed by atoms with Crippen LogP contribution in [0.2, 0.25) is 0 Å². The van der Waals surface area contributed by atoms with E-state index in [0.29, 0.717) is 6.42 Å². The molecule has 0 amide bonds. The summed E-state index contributed by atoms with van der Waals surface area (Å²) in [6.07, 6.45) is 0.182. The summed E-state index contributed by atoms with van der Waals surface area (Å²) in [5, 5.41) is -5.25. The molecule has 5 rings (SSSR count). The number of hydrogen-bond acceptors (Lipinski definition) is 6. The number of esters is 1. The van der Waals surface area contributed by atoms with E-state index in [-0.39, 0.29) is 25.2 Å². The Morgan fingerprint density at radius 2 is 1.59 bits per heavy atom. The van der Waals surface area contributed by atoms with Gasteiger partial charge in [0.15, 0.2) is 5.79 Å². The van der Waals surface area contributed by atoms with Gasteiger partial charge in [0, 0.05) is 5.92 Å². The molecular weight excluding hydrogens is 438 g/mol. The molecule has 4 atom stereocenters. The van der Waals surface area contributed by atoms with Gasteiger partial charge in [0.2, 0.25) is 0 Å². The highest BCUT2D eigenvalue weighted by Crippen LogP contribution is 2.68. The highest BCUT2D eigenvalue weighted by molar-refractivity contribution is 7.87. The minimum atomic E-state index is -6.12. The van der Waals surface area contributed by atoms with E-state index in [4.69, 9.17) is 18.8 Å². The minimum absolute atomic E-state index is 0.0112. The highest BCUT2D eigenvalue weighted by atomic mass is 32.2. The molecule has 1 aliphatic heterocycles. The molecule has 1 spiro atoms. The molecule has 5 aliphatic rings. The Balaban J connectivity index is 1.65. The third-order valence-electron chi connectivity index (χ3n) is 6.45. The maximum Gasteiger partial charge on any atom is 0.465 e. The van der Waals surface area contributed by atoms with Crippen LogP contribution in [0.15, 0.2) is 0 Å². The first-order valence-electron chi connectivity index (χ1n) is 8.68. The van der Waals surface area contributed by atoms with Crippen LogP contribution in [0.4, 0.5) is 26.3 Å². The van der Waals surface area contributed by atoms with Crippen molar-refractivity contribution >= 4 is 16.1 Å². The van der Waals surface area contributed by atoms with E-state index in [9.17, 15) is 39.6 Å². The monoisotopic (exact) mass is 454 g/mol. The van der Waals surface area contributed by atoms with E-state index in [1.807, 2.05) is 0 Å². The van der Waals surface area contributed by atoms with Gasteiger partial charge in [-0.3, -0.25) is 4.55 Å². The Morgan fingerprint density at radius 1 is 1.03 bits per heavy atom. The van der Waals surface area contributed by atoms with Gasteiger partial charge in [0.25, 0.3) is 0 Å². The molecule has 14 heteroatoms. The number of alkyl halides is 6. The van der Waals surface area contributed by atoms with Crippen LogP contribution >= 0.6 is 0 Å². The second-order valence-electron chi connectivity index (χ2n) is 8.15. The highest BCUT2D eigenvalue weighted by Gasteiger charge is 2.76. The predicted octanol–water partition coefficient (Wildman–Crippen LogP) is 2.21. The fourth-order valence-electron chi connectivity index (χ4n) is 5.29. The summed E-state index contributed by atoms with van der Waals surface area (Å²) < 4.78 is 127. The molecule has 4 bridgehead atoms. The van der Waals surface area contributed by atoms with E-state index in [2.05, 4.69) is 0 Å². The zero-order valence-electron chi connectivity index (χ0n) is 14.5. The van der Waals surface area contributed by atoms with Gasteiger partial charge in [-0.2, -0.15) is 34.8 Å². The van der Waals surface area contributed by atoms with Crippen LogP contribution in [-0.4, -0.2) is 60.6 Å². The maximum absolute atomic E-state index is 13.7. The zero-order chi connectivity index (χ0) is 21.7. The quantitative estimate of drug-likeness (QED) is 0.397. The summed E-state index contributed by atoms with van der Waals surface area (Å²) >= 11 is 0. The first kappa shape index (κ1) is 21.1. The van der Waals surface area contributed by atoms with Crippen molar-refractivity contribution in [2.45, 2.75) is 54.2 Å². The van der Waals surface area contributed by atoms with E-state index in [0.717, 1.165) is 0 Å². The fourth-order valence-corrected chi connectivity index (χ4v) is 5.54. The first-order valence-corrected chi connectivity index (χ1v) is 10.1. The normalized spacial score (nSPS) is 39.5. The molecule has 0 aromatic rings. The van der Waals surface area contributed by atoms with E-state index in [1.165, 1.54) is 0 Å². The Kier molecular flexibility index (Phi) is 4.20. The van der Waals surface area contributed by atoms with Gasteiger partial charge in [-0.25, -0.2) is 4.79 Å². The average Bonchev–Trinajstić information content (AvgIpc) is 2.88. The Hall–Kier alpha value is -1.12. The van der Waals surface area contributed by atoms with Gasteiger partial charge in [0.1, 0.15) is 18.8 Å². The summed E-state index contributed by atoms with van der Waals surface area (Å²) in [7, 11) is -6.12. The average molecular weight is 454 g/mol. The van der Waals surface area contributed by atoms with E-state index in [1.54, 1.807) is 0 Å². The number of hydrogen-bond donors (Lipinski definition) is 1. The number of carbonyl (C=O) groups is 1. The van der Waals surface area contributed by atoms with Gasteiger partial charge in [-0.15, -0.1) is 0 Å². The summed E-state index contributed by atoms with van der Waals surface area (Å²) in [5.41, 5.74) is -1.76. The van der Waals surface area contributed by atoms with E-state index < -0.39 is 69.6 Å². The zero-order valence-corrected chi connectivity index (χ0v) is 15.4. The fraction of sp³-hybridized carbons (Fsp3) is 0.933. The lowest BCUT2D eigenvalue weighted by Crippen LogP contribution is -2.51. The third kappa shape index (κ3) is 2.74. The largest absolute Gasteiger partial charge is 0.465 e. The lowest BCUT2D eigenvalue weighted by molar-refractivity contribution is -0.293. The van der Waals surface area contributed by atoms with Crippen LogP contribution in [0, 0.1) is 17.8 Å². The predicted molar refractivity (Wildman–Crippen MR) is 78.8 cm³/mol. The molecule has 4 aliphatic carbocycles. The van der Waals surface area contributed by atoms with Crippen molar-refractivity contribution < 1.29 is 58.3 Å². The molecule has 1 heterocycles. The van der Waals surface area contributed by atoms with Crippen LogP contribution in [0.25, 0.3) is 0 Å². The molecule has 166 valence electrons. The molecule has 0 radical (unpaired) electrons. The van der Waals surface area contributed by atoms with Crippen LogP contribution in [-0.2, 0) is 29.1 Å². The number of carbonyl (C=O) groups excluding carboxylic acids is 1. The smallest absolute Gasteiger partial charge is 0.453 e. The summed E-state index contributed by atoms with van der Waals surface area (Å²) in [5.74, 6) is -15.7. The third-order valence-corrected chi connectivity index (χ3v) is 7.27. The van der Waals surface area contributed by atoms with Crippen molar-refractivity contribution in [3.8, 4) is 0 Å². The lowest BCUT2D eigenvalue weighted by Gasteiger charge is -2.42. The van der Waals surface area contributed by atoms with Gasteiger partial charge in [-0.1, -0.05) is 0 Å². The van der Waals surface area contributed by atoms with Crippen LogP contribution < -0.4 is 0 Å². The van der Waals surface area contributed by atoms with Crippen LogP contribution in [0.5, 0.6) is 0 Å². The SMILES string of the molecule is O=C(OC12CC3CC(C1)C1(OCC(F)(F)C(F)(F)CO1)C2C3)C(F)(F)S(=O)(=O)O. The maximum atomic E-state index is 13.7. The molecule has 4 saturated carbocycles. The standard InChI is InChI=1S/C15H16F6O7S/c16-12(17)5-26-14(27-6-13(12,18)19)8-1-7-2-9(14)11(3-7,4-8)28-10(22)15(20,21)29(23,24)25/h7-9H,1-6H2,(H,23,24,25). The van der Waals surface area contributed by atoms with Gasteiger partial charge < -0.3 is 14.2 Å². The molecular formula is C15H16F6O7S. The Bertz CT molecular complexity index is 828. The molecule has 0 aromatic heterocycles. The van der Waals surface area contributed by atoms with Crippen molar-refractivity contribution in [1.29, 1.82) is 0 Å². The van der Waals surface area contributed by atoms with E-state index >= 15 is 0 Å². The molecule has 29 heavy (non-hydrogen) atoms. The van der Waals surface area contributed by atoms with Crippen molar-refractivity contribution in [3.05, 3.63) is 0 Å². The summed E-state index contributed by atoms with van der Waals surface area (Å²) in [6, 6.07) is 0. The lowest BCUT2D eigenvalue weighted by atomic mass is 9.78. The summed E-state index contributed by atoms with van der Waals surface area (Å²) in [4.78, 5) is 11.8. The number of ether oxygens (including phenoxy) is 3. The van der Waals surface area contributed by atoms with Crippen molar-refractivity contribution in [1.82, 2.24) is 0 Å². The Labute approximate surface area is 160 Å². The number of halogens is 6. The number of rotatable bonds is 3. The molecule has 1 saturated heterocycles. The van der Waals surface area contributed by atoms with Crippen LogP contribution in [0.3, 0.4) is 0 Å². The molecule has 1 N–H and O–H groups in total. The summed E-state index contributed by atoms with van der Waals surface area (Å²) in [6.45, 7) is -3.36. The first-order chi connectivity index (χ1) is 13.1. The van der Waals surface area contributed by atoms with Crippen molar-refractivity contribution in [3.63, 3.8) is 0 Å². The minimum Gasteiger partial charge on any atom is -0.453 e. The van der Waals surface area contributed by atoms with Crippen LogP contribution in [0.1, 0.15) is 25.7 Å². The molecule has 0 aromatic carbocycles. The van der Waals surface area contributed by atoms with Crippen molar-refractivity contribution in [2.24, 2.45) is 17.8 Å². The van der Waals surface area contributed by atoms with Crippen molar-refractivity contribution in [2.75, 3.05) is 13.2 Å². The van der Waals surface area contributed by atoms with Gasteiger partial charge >= 0.3 is 33.2 Å². The molecule has 5 fully saturated rings. The second kappa shape index (κ2) is 5.77. The Morgan fingerprint density at radius 3 is 2.10 bits per heavy atom. The topological polar surface area (TPSA) is 99.1 Å².